The normalized spacial score (nSPS) is 20.8. The molecule has 0 aromatic heterocycles. The van der Waals surface area contributed by atoms with E-state index in [-0.39, 0.29) is 24.1 Å². The molecule has 184 valence electrons. The van der Waals surface area contributed by atoms with Crippen molar-refractivity contribution < 1.29 is 18.8 Å². The van der Waals surface area contributed by atoms with Gasteiger partial charge in [-0.15, -0.1) is 11.8 Å². The molecule has 1 unspecified atom stereocenters. The van der Waals surface area contributed by atoms with Crippen LogP contribution in [0.4, 0.5) is 4.39 Å². The Morgan fingerprint density at radius 2 is 1.91 bits per heavy atom. The highest BCUT2D eigenvalue weighted by atomic mass is 35.5. The van der Waals surface area contributed by atoms with E-state index in [0.717, 1.165) is 42.0 Å². The molecule has 2 aromatic carbocycles. The largest absolute Gasteiger partial charge is 0.322 e. The van der Waals surface area contributed by atoms with Crippen LogP contribution in [0.25, 0.3) is 0 Å². The van der Waals surface area contributed by atoms with Crippen molar-refractivity contribution in [2.45, 2.75) is 61.9 Å². The number of amides is 3. The summed E-state index contributed by atoms with van der Waals surface area (Å²) in [5.41, 5.74) is 2.76. The molecule has 0 spiro atoms. The maximum atomic E-state index is 15.0. The number of benzene rings is 2. The molecule has 3 amide bonds. The van der Waals surface area contributed by atoms with E-state index < -0.39 is 11.9 Å². The monoisotopic (exact) mass is 515 g/mol. The molecule has 0 bridgehead atoms. The van der Waals surface area contributed by atoms with E-state index in [4.69, 9.17) is 11.6 Å². The SMILES string of the molecule is O=C1CCC(N2Cc3c(SCc4cc(F)c(CN5CCCCC5)c(Cl)c4)cccc3C2=O)C(=O)N1. The van der Waals surface area contributed by atoms with E-state index in [1.807, 2.05) is 18.2 Å². The molecule has 6 nitrogen and oxygen atoms in total. The molecule has 0 radical (unpaired) electrons. The zero-order chi connectivity index (χ0) is 24.5. The molecule has 2 fully saturated rings. The third-order valence-corrected chi connectivity index (χ3v) is 8.47. The van der Waals surface area contributed by atoms with E-state index in [2.05, 4.69) is 10.2 Å². The lowest BCUT2D eigenvalue weighted by Crippen LogP contribution is -2.52. The average molecular weight is 516 g/mol. The van der Waals surface area contributed by atoms with Crippen LogP contribution in [0.15, 0.2) is 35.2 Å². The summed E-state index contributed by atoms with van der Waals surface area (Å²) in [4.78, 5) is 41.5. The number of nitrogens with zero attached hydrogens (tertiary/aromatic N) is 2. The Hall–Kier alpha value is -2.42. The van der Waals surface area contributed by atoms with Crippen LogP contribution in [0.2, 0.25) is 5.02 Å². The highest BCUT2D eigenvalue weighted by molar-refractivity contribution is 7.98. The van der Waals surface area contributed by atoms with Gasteiger partial charge in [0, 0.05) is 46.3 Å². The summed E-state index contributed by atoms with van der Waals surface area (Å²) in [6.45, 7) is 2.79. The number of thioether (sulfide) groups is 1. The lowest BCUT2D eigenvalue weighted by molar-refractivity contribution is -0.136. The summed E-state index contributed by atoms with van der Waals surface area (Å²) >= 11 is 8.01. The Labute approximate surface area is 213 Å². The number of likely N-dealkylation sites (tertiary alicyclic amines) is 1. The van der Waals surface area contributed by atoms with Gasteiger partial charge in [0.25, 0.3) is 5.91 Å². The zero-order valence-electron chi connectivity index (χ0n) is 19.3. The van der Waals surface area contributed by atoms with Gasteiger partial charge in [-0.25, -0.2) is 4.39 Å². The van der Waals surface area contributed by atoms with Crippen molar-refractivity contribution in [1.82, 2.24) is 15.1 Å². The number of fused-ring (bicyclic) bond motifs is 1. The fourth-order valence-electron chi connectivity index (χ4n) is 5.08. The predicted octanol–water partition coefficient (Wildman–Crippen LogP) is 4.52. The number of rotatable bonds is 6. The smallest absolute Gasteiger partial charge is 0.255 e. The van der Waals surface area contributed by atoms with Gasteiger partial charge < -0.3 is 4.90 Å². The number of nitrogens with one attached hydrogen (secondary N) is 1. The highest BCUT2D eigenvalue weighted by Gasteiger charge is 2.39. The van der Waals surface area contributed by atoms with Crippen molar-refractivity contribution in [1.29, 1.82) is 0 Å². The quantitative estimate of drug-likeness (QED) is 0.452. The van der Waals surface area contributed by atoms with Gasteiger partial charge in [-0.3, -0.25) is 24.6 Å². The van der Waals surface area contributed by atoms with Gasteiger partial charge in [-0.1, -0.05) is 24.1 Å². The molecular formula is C26H27ClFN3O3S. The number of piperidine rings is 2. The van der Waals surface area contributed by atoms with E-state index in [9.17, 15) is 18.8 Å². The Kier molecular flexibility index (Phi) is 7.14. The van der Waals surface area contributed by atoms with Crippen LogP contribution in [0.3, 0.4) is 0 Å². The summed E-state index contributed by atoms with van der Waals surface area (Å²) in [5, 5.41) is 2.78. The lowest BCUT2D eigenvalue weighted by Gasteiger charge is -2.29. The first-order chi connectivity index (χ1) is 16.9. The molecule has 1 atom stereocenters. The summed E-state index contributed by atoms with van der Waals surface area (Å²) in [6.07, 6.45) is 4.05. The fraction of sp³-hybridized carbons (Fsp3) is 0.423. The Balaban J connectivity index is 1.28. The molecule has 2 aromatic rings. The van der Waals surface area contributed by atoms with Gasteiger partial charge in [0.15, 0.2) is 0 Å². The minimum Gasteiger partial charge on any atom is -0.322 e. The van der Waals surface area contributed by atoms with Gasteiger partial charge in [0.2, 0.25) is 11.8 Å². The number of imide groups is 1. The summed E-state index contributed by atoms with van der Waals surface area (Å²) in [6, 6.07) is 8.27. The van der Waals surface area contributed by atoms with Gasteiger partial charge >= 0.3 is 0 Å². The van der Waals surface area contributed by atoms with Crippen molar-refractivity contribution in [3.8, 4) is 0 Å². The molecule has 9 heteroatoms. The van der Waals surface area contributed by atoms with Crippen molar-refractivity contribution in [2.75, 3.05) is 13.1 Å². The van der Waals surface area contributed by atoms with Gasteiger partial charge in [-0.2, -0.15) is 0 Å². The van der Waals surface area contributed by atoms with Crippen molar-refractivity contribution in [3.63, 3.8) is 0 Å². The van der Waals surface area contributed by atoms with Crippen LogP contribution in [0.5, 0.6) is 0 Å². The zero-order valence-corrected chi connectivity index (χ0v) is 20.9. The van der Waals surface area contributed by atoms with Gasteiger partial charge in [0.05, 0.1) is 0 Å². The molecule has 1 N–H and O–H groups in total. The Morgan fingerprint density at radius 1 is 1.11 bits per heavy atom. The van der Waals surface area contributed by atoms with Crippen LogP contribution in [-0.2, 0) is 28.4 Å². The molecule has 3 aliphatic heterocycles. The number of carbonyl (C=O) groups excluding carboxylic acids is 3. The highest BCUT2D eigenvalue weighted by Crippen LogP contribution is 2.36. The Morgan fingerprint density at radius 3 is 2.66 bits per heavy atom. The minimum absolute atomic E-state index is 0.201. The maximum absolute atomic E-state index is 15.0. The van der Waals surface area contributed by atoms with Gasteiger partial charge in [0.1, 0.15) is 11.9 Å². The molecule has 3 heterocycles. The standard InChI is InChI=1S/C26H27ClFN3O3S/c27-20-11-16(12-21(28)19(20)13-30-9-2-1-3-10-30)15-35-23-6-4-5-17-18(23)14-31(26(17)34)22-7-8-24(32)29-25(22)33/h4-6,11-12,22H,1-3,7-10,13-15H2,(H,29,32,33). The predicted molar refractivity (Wildman–Crippen MR) is 133 cm³/mol. The lowest BCUT2D eigenvalue weighted by atomic mass is 10.0. The summed E-state index contributed by atoms with van der Waals surface area (Å²) in [7, 11) is 0. The second-order valence-electron chi connectivity index (χ2n) is 9.35. The van der Waals surface area contributed by atoms with Crippen LogP contribution < -0.4 is 5.32 Å². The molecule has 0 saturated carbocycles. The molecule has 3 aliphatic rings. The average Bonchev–Trinajstić information content (AvgIpc) is 3.17. The molecule has 2 saturated heterocycles. The van der Waals surface area contributed by atoms with Crippen molar-refractivity contribution in [3.05, 3.63) is 63.4 Å². The van der Waals surface area contributed by atoms with E-state index in [1.165, 1.54) is 18.2 Å². The number of hydrogen-bond acceptors (Lipinski definition) is 5. The number of halogens is 2. The maximum Gasteiger partial charge on any atom is 0.255 e. The second-order valence-corrected chi connectivity index (χ2v) is 10.8. The van der Waals surface area contributed by atoms with E-state index in [1.54, 1.807) is 17.0 Å². The Bertz CT molecular complexity index is 1160. The van der Waals surface area contributed by atoms with Crippen LogP contribution in [-0.4, -0.2) is 46.7 Å². The minimum atomic E-state index is -0.647. The summed E-state index contributed by atoms with van der Waals surface area (Å²) in [5.74, 6) is -0.709. The second kappa shape index (κ2) is 10.3. The number of hydrogen-bond donors (Lipinski definition) is 1. The van der Waals surface area contributed by atoms with E-state index >= 15 is 0 Å². The third kappa shape index (κ3) is 5.10. The van der Waals surface area contributed by atoms with Crippen molar-refractivity contribution in [2.24, 2.45) is 0 Å². The first-order valence-electron chi connectivity index (χ1n) is 12.0. The van der Waals surface area contributed by atoms with Crippen molar-refractivity contribution >= 4 is 41.1 Å². The fourth-order valence-corrected chi connectivity index (χ4v) is 6.39. The number of carbonyl (C=O) groups is 3. The first-order valence-corrected chi connectivity index (χ1v) is 13.4. The third-order valence-electron chi connectivity index (χ3n) is 6.96. The van der Waals surface area contributed by atoms with Crippen LogP contribution in [0, 0.1) is 5.82 Å². The van der Waals surface area contributed by atoms with Gasteiger partial charge in [-0.05, 0) is 67.7 Å². The first kappa shape index (κ1) is 24.3. The van der Waals surface area contributed by atoms with E-state index in [0.29, 0.717) is 41.4 Å². The molecular weight excluding hydrogens is 489 g/mol. The van der Waals surface area contributed by atoms with Crippen LogP contribution in [0.1, 0.15) is 59.2 Å². The summed E-state index contributed by atoms with van der Waals surface area (Å²) < 4.78 is 15.0. The topological polar surface area (TPSA) is 69.7 Å². The molecule has 35 heavy (non-hydrogen) atoms. The molecule has 0 aliphatic carbocycles. The van der Waals surface area contributed by atoms with Crippen LogP contribution >= 0.6 is 23.4 Å². The molecule has 5 rings (SSSR count).